The van der Waals surface area contributed by atoms with E-state index in [1.165, 1.54) is 25.7 Å². The summed E-state index contributed by atoms with van der Waals surface area (Å²) < 4.78 is 11.1. The van der Waals surface area contributed by atoms with Gasteiger partial charge in [0.1, 0.15) is 0 Å². The molecule has 0 spiro atoms. The van der Waals surface area contributed by atoms with E-state index in [2.05, 4.69) is 12.2 Å². The molecule has 1 heterocycles. The van der Waals surface area contributed by atoms with E-state index in [0.29, 0.717) is 11.7 Å². The number of carbonyl (C=O) groups excluding carboxylic acids is 1. The molecule has 5 heteroatoms. The van der Waals surface area contributed by atoms with Gasteiger partial charge in [0.05, 0.1) is 12.2 Å². The van der Waals surface area contributed by atoms with E-state index >= 15 is 0 Å². The zero-order valence-electron chi connectivity index (χ0n) is 12.1. The largest absolute Gasteiger partial charge is 0.325 e. The standard InChI is InChI=1S/C14H26N2O2S/c1-3-12-14(17)16(9-6-10-19(2)18)13(15-12)11-7-4-5-8-11/h11-13,15H,3-10H2,1-2H3. The first-order chi connectivity index (χ1) is 9.13. The predicted octanol–water partition coefficient (Wildman–Crippen LogP) is 1.48. The SMILES string of the molecule is CCC1NC(C2CCCC2)N(CCCS(C)=O)C1=O. The van der Waals surface area contributed by atoms with Crippen LogP contribution in [0.15, 0.2) is 0 Å². The van der Waals surface area contributed by atoms with Crippen molar-refractivity contribution in [3.05, 3.63) is 0 Å². The number of carbonyl (C=O) groups is 1. The highest BCUT2D eigenvalue weighted by atomic mass is 32.2. The molecular weight excluding hydrogens is 260 g/mol. The van der Waals surface area contributed by atoms with Gasteiger partial charge in [0.2, 0.25) is 5.91 Å². The maximum atomic E-state index is 12.4. The van der Waals surface area contributed by atoms with Crippen molar-refractivity contribution in [3.8, 4) is 0 Å². The summed E-state index contributed by atoms with van der Waals surface area (Å²) in [6, 6.07) is -0.00211. The van der Waals surface area contributed by atoms with E-state index in [4.69, 9.17) is 0 Å². The summed E-state index contributed by atoms with van der Waals surface area (Å²) in [5.74, 6) is 1.56. The Kier molecular flexibility index (Phi) is 5.39. The third kappa shape index (κ3) is 3.57. The monoisotopic (exact) mass is 286 g/mol. The van der Waals surface area contributed by atoms with Gasteiger partial charge in [-0.3, -0.25) is 14.3 Å². The minimum atomic E-state index is -0.759. The summed E-state index contributed by atoms with van der Waals surface area (Å²) in [5.41, 5.74) is 0. The molecule has 1 amide bonds. The van der Waals surface area contributed by atoms with Gasteiger partial charge < -0.3 is 4.90 Å². The fourth-order valence-electron chi connectivity index (χ4n) is 3.35. The molecule has 0 aromatic rings. The van der Waals surface area contributed by atoms with Gasteiger partial charge in [-0.05, 0) is 31.6 Å². The van der Waals surface area contributed by atoms with Crippen molar-refractivity contribution in [2.24, 2.45) is 5.92 Å². The summed E-state index contributed by atoms with van der Waals surface area (Å²) >= 11 is 0. The summed E-state index contributed by atoms with van der Waals surface area (Å²) in [5, 5.41) is 3.52. The molecule has 3 atom stereocenters. The molecule has 1 N–H and O–H groups in total. The van der Waals surface area contributed by atoms with Crippen molar-refractivity contribution in [2.45, 2.75) is 57.7 Å². The third-order valence-electron chi connectivity index (χ3n) is 4.37. The van der Waals surface area contributed by atoms with Crippen LogP contribution >= 0.6 is 0 Å². The van der Waals surface area contributed by atoms with Crippen LogP contribution in [0.5, 0.6) is 0 Å². The second-order valence-corrected chi connectivity index (χ2v) is 7.33. The van der Waals surface area contributed by atoms with Crippen LogP contribution in [0.2, 0.25) is 0 Å². The molecule has 2 aliphatic rings. The minimum absolute atomic E-state index is 0.00211. The number of hydrogen-bond acceptors (Lipinski definition) is 3. The Morgan fingerprint density at radius 1 is 1.37 bits per heavy atom. The Balaban J connectivity index is 1.97. The lowest BCUT2D eigenvalue weighted by molar-refractivity contribution is -0.130. The van der Waals surface area contributed by atoms with Gasteiger partial charge in [0.25, 0.3) is 0 Å². The molecule has 1 saturated heterocycles. The van der Waals surface area contributed by atoms with E-state index in [9.17, 15) is 9.00 Å². The molecule has 4 nitrogen and oxygen atoms in total. The zero-order chi connectivity index (χ0) is 13.8. The fourth-order valence-corrected chi connectivity index (χ4v) is 3.88. The fraction of sp³-hybridized carbons (Fsp3) is 0.929. The molecule has 0 aromatic heterocycles. The van der Waals surface area contributed by atoms with Gasteiger partial charge in [-0.2, -0.15) is 0 Å². The average Bonchev–Trinajstić information content (AvgIpc) is 2.98. The van der Waals surface area contributed by atoms with Crippen molar-refractivity contribution < 1.29 is 9.00 Å². The Bertz CT molecular complexity index is 342. The second-order valence-electron chi connectivity index (χ2n) is 5.78. The summed E-state index contributed by atoms with van der Waals surface area (Å²) in [7, 11) is -0.759. The number of rotatable bonds is 6. The van der Waals surface area contributed by atoms with Crippen LogP contribution in [0.3, 0.4) is 0 Å². The van der Waals surface area contributed by atoms with Crippen molar-refractivity contribution >= 4 is 16.7 Å². The summed E-state index contributed by atoms with van der Waals surface area (Å²) in [6.07, 6.45) is 8.71. The summed E-state index contributed by atoms with van der Waals surface area (Å²) in [6.45, 7) is 2.81. The number of nitrogens with zero attached hydrogens (tertiary/aromatic N) is 1. The molecule has 3 unspecified atom stereocenters. The van der Waals surface area contributed by atoms with Gasteiger partial charge in [0, 0.05) is 29.4 Å². The van der Waals surface area contributed by atoms with Gasteiger partial charge in [-0.25, -0.2) is 0 Å². The Hall–Kier alpha value is -0.420. The normalized spacial score (nSPS) is 30.2. The average molecular weight is 286 g/mol. The van der Waals surface area contributed by atoms with Crippen LogP contribution in [0.4, 0.5) is 0 Å². The third-order valence-corrected chi connectivity index (χ3v) is 5.24. The number of nitrogens with one attached hydrogen (secondary N) is 1. The van der Waals surface area contributed by atoms with Crippen LogP contribution < -0.4 is 5.32 Å². The summed E-state index contributed by atoms with van der Waals surface area (Å²) in [4.78, 5) is 14.4. The van der Waals surface area contributed by atoms with E-state index in [1.807, 2.05) is 4.90 Å². The lowest BCUT2D eigenvalue weighted by atomic mass is 10.0. The molecule has 19 heavy (non-hydrogen) atoms. The van der Waals surface area contributed by atoms with Crippen LogP contribution in [0.25, 0.3) is 0 Å². The number of hydrogen-bond donors (Lipinski definition) is 1. The topological polar surface area (TPSA) is 49.4 Å². The molecule has 0 radical (unpaired) electrons. The van der Waals surface area contributed by atoms with Gasteiger partial charge >= 0.3 is 0 Å². The highest BCUT2D eigenvalue weighted by Gasteiger charge is 2.41. The molecule has 1 aliphatic carbocycles. The Labute approximate surface area is 118 Å². The molecule has 2 fully saturated rings. The van der Waals surface area contributed by atoms with Gasteiger partial charge in [-0.1, -0.05) is 19.8 Å². The van der Waals surface area contributed by atoms with Crippen LogP contribution in [-0.2, 0) is 15.6 Å². The maximum Gasteiger partial charge on any atom is 0.241 e. The molecule has 1 saturated carbocycles. The van der Waals surface area contributed by atoms with Crippen LogP contribution in [0, 0.1) is 5.92 Å². The van der Waals surface area contributed by atoms with E-state index in [-0.39, 0.29) is 18.1 Å². The highest BCUT2D eigenvalue weighted by molar-refractivity contribution is 7.84. The molecule has 110 valence electrons. The molecule has 0 bridgehead atoms. The van der Waals surface area contributed by atoms with Crippen molar-refractivity contribution in [2.75, 3.05) is 18.6 Å². The Morgan fingerprint density at radius 2 is 2.05 bits per heavy atom. The zero-order valence-corrected chi connectivity index (χ0v) is 12.9. The molecule has 1 aliphatic heterocycles. The van der Waals surface area contributed by atoms with Crippen molar-refractivity contribution in [1.29, 1.82) is 0 Å². The second kappa shape index (κ2) is 6.84. The van der Waals surface area contributed by atoms with Gasteiger partial charge in [0.15, 0.2) is 0 Å². The quantitative estimate of drug-likeness (QED) is 0.804. The Morgan fingerprint density at radius 3 is 2.63 bits per heavy atom. The van der Waals surface area contributed by atoms with E-state index < -0.39 is 10.8 Å². The van der Waals surface area contributed by atoms with Crippen molar-refractivity contribution in [1.82, 2.24) is 10.2 Å². The van der Waals surface area contributed by atoms with E-state index in [1.54, 1.807) is 6.26 Å². The lowest BCUT2D eigenvalue weighted by Crippen LogP contribution is -2.43. The minimum Gasteiger partial charge on any atom is -0.325 e. The smallest absolute Gasteiger partial charge is 0.241 e. The predicted molar refractivity (Wildman–Crippen MR) is 78.2 cm³/mol. The molecule has 2 rings (SSSR count). The van der Waals surface area contributed by atoms with E-state index in [0.717, 1.165) is 19.4 Å². The maximum absolute atomic E-state index is 12.4. The lowest BCUT2D eigenvalue weighted by Gasteiger charge is -2.29. The first kappa shape index (κ1) is 15.0. The van der Waals surface area contributed by atoms with Crippen LogP contribution in [-0.4, -0.2) is 45.8 Å². The first-order valence-electron chi connectivity index (χ1n) is 7.50. The number of amides is 1. The first-order valence-corrected chi connectivity index (χ1v) is 9.22. The molecule has 0 aromatic carbocycles. The van der Waals surface area contributed by atoms with Crippen LogP contribution in [0.1, 0.15) is 45.4 Å². The highest BCUT2D eigenvalue weighted by Crippen LogP contribution is 2.32. The van der Waals surface area contributed by atoms with Crippen molar-refractivity contribution in [3.63, 3.8) is 0 Å². The molecular formula is C14H26N2O2S. The van der Waals surface area contributed by atoms with Gasteiger partial charge in [-0.15, -0.1) is 0 Å².